The van der Waals surface area contributed by atoms with E-state index in [0.717, 1.165) is 6.07 Å². The number of anilines is 1. The van der Waals surface area contributed by atoms with Crippen LogP contribution in [0.3, 0.4) is 0 Å². The summed E-state index contributed by atoms with van der Waals surface area (Å²) in [5.74, 6) is 0. The van der Waals surface area contributed by atoms with Gasteiger partial charge in [0.25, 0.3) is 0 Å². The number of amides is 1. The molecule has 5 nitrogen and oxygen atoms in total. The first-order chi connectivity index (χ1) is 10.6. The van der Waals surface area contributed by atoms with Gasteiger partial charge in [-0.25, -0.2) is 10.2 Å². The van der Waals surface area contributed by atoms with Gasteiger partial charge in [-0.15, -0.1) is 0 Å². The molecular formula is C15H16F3N3O2. The number of hydrogen-bond donors (Lipinski definition) is 2. The summed E-state index contributed by atoms with van der Waals surface area (Å²) >= 11 is 0. The number of nitrogens with one attached hydrogen (secondary N) is 2. The molecule has 2 N–H and O–H groups in total. The van der Waals surface area contributed by atoms with Gasteiger partial charge < -0.3 is 4.74 Å². The molecule has 0 spiro atoms. The first-order valence-electron chi connectivity index (χ1n) is 6.78. The Morgan fingerprint density at radius 1 is 1.17 bits per heavy atom. The summed E-state index contributed by atoms with van der Waals surface area (Å²) < 4.78 is 44.0. The number of para-hydroxylation sites is 1. The number of benzene rings is 1. The molecule has 0 radical (unpaired) electrons. The molecule has 1 aromatic heterocycles. The minimum atomic E-state index is -4.51. The third-order valence-corrected chi connectivity index (χ3v) is 2.77. The summed E-state index contributed by atoms with van der Waals surface area (Å²) in [6.07, 6.45) is -4.02. The topological polar surface area (TPSA) is 63.2 Å². The zero-order valence-corrected chi connectivity index (χ0v) is 12.8. The molecule has 1 aromatic carbocycles. The molecule has 23 heavy (non-hydrogen) atoms. The zero-order chi connectivity index (χ0) is 17.3. The number of ether oxygens (including phenoxy) is 1. The third-order valence-electron chi connectivity index (χ3n) is 2.77. The van der Waals surface area contributed by atoms with Gasteiger partial charge in [0, 0.05) is 11.6 Å². The van der Waals surface area contributed by atoms with E-state index in [1.807, 2.05) is 0 Å². The van der Waals surface area contributed by atoms with Crippen molar-refractivity contribution in [3.8, 4) is 0 Å². The number of aromatic nitrogens is 1. The van der Waals surface area contributed by atoms with Crippen LogP contribution in [-0.2, 0) is 10.9 Å². The van der Waals surface area contributed by atoms with E-state index in [0.29, 0.717) is 0 Å². The van der Waals surface area contributed by atoms with Crippen LogP contribution < -0.4 is 10.9 Å². The molecule has 1 heterocycles. The summed E-state index contributed by atoms with van der Waals surface area (Å²) in [5.41, 5.74) is 3.41. The van der Waals surface area contributed by atoms with E-state index < -0.39 is 23.4 Å². The van der Waals surface area contributed by atoms with Crippen LogP contribution in [0, 0.1) is 0 Å². The minimum Gasteiger partial charge on any atom is -0.443 e. The van der Waals surface area contributed by atoms with E-state index in [-0.39, 0.29) is 16.6 Å². The molecule has 0 fully saturated rings. The number of carbonyl (C=O) groups excluding carboxylic acids is 1. The zero-order valence-electron chi connectivity index (χ0n) is 12.8. The molecule has 0 atom stereocenters. The fourth-order valence-electron chi connectivity index (χ4n) is 1.94. The lowest BCUT2D eigenvalue weighted by Gasteiger charge is -2.20. The molecule has 0 saturated carbocycles. The third kappa shape index (κ3) is 4.24. The summed E-state index contributed by atoms with van der Waals surface area (Å²) in [7, 11) is 0. The SMILES string of the molecule is CC(C)(C)OC(=O)NNc1ccnc2c(C(F)(F)F)cccc12. The van der Waals surface area contributed by atoms with Gasteiger partial charge in [0.15, 0.2) is 0 Å². The van der Waals surface area contributed by atoms with Crippen molar-refractivity contribution in [2.24, 2.45) is 0 Å². The molecule has 1 amide bonds. The van der Waals surface area contributed by atoms with E-state index in [1.54, 1.807) is 20.8 Å². The number of nitrogens with zero attached hydrogens (tertiary/aromatic N) is 1. The predicted molar refractivity (Wildman–Crippen MR) is 79.7 cm³/mol. The highest BCUT2D eigenvalue weighted by molar-refractivity contribution is 5.93. The summed E-state index contributed by atoms with van der Waals surface area (Å²) in [5, 5.41) is 0.235. The van der Waals surface area contributed by atoms with Crippen molar-refractivity contribution in [3.63, 3.8) is 0 Å². The largest absolute Gasteiger partial charge is 0.443 e. The van der Waals surface area contributed by atoms with Crippen molar-refractivity contribution < 1.29 is 22.7 Å². The van der Waals surface area contributed by atoms with E-state index in [1.165, 1.54) is 24.4 Å². The number of alkyl halides is 3. The Morgan fingerprint density at radius 3 is 2.48 bits per heavy atom. The molecule has 124 valence electrons. The quantitative estimate of drug-likeness (QED) is 0.815. The highest BCUT2D eigenvalue weighted by atomic mass is 19.4. The maximum Gasteiger partial charge on any atom is 0.426 e. The molecule has 0 aliphatic carbocycles. The van der Waals surface area contributed by atoms with Gasteiger partial charge in [0.2, 0.25) is 0 Å². The van der Waals surface area contributed by atoms with E-state index in [2.05, 4.69) is 15.8 Å². The molecule has 0 unspecified atom stereocenters. The standard InChI is InChI=1S/C15H16F3N3O2/c1-14(2,3)23-13(22)21-20-11-7-8-19-12-9(11)5-4-6-10(12)15(16,17)18/h4-8H,1-3H3,(H,19,20)(H,21,22). The lowest BCUT2D eigenvalue weighted by Crippen LogP contribution is -2.35. The maximum atomic E-state index is 13.0. The smallest absolute Gasteiger partial charge is 0.426 e. The minimum absolute atomic E-state index is 0.198. The van der Waals surface area contributed by atoms with Crippen LogP contribution in [0.4, 0.5) is 23.7 Å². The lowest BCUT2D eigenvalue weighted by molar-refractivity contribution is -0.136. The molecule has 0 saturated heterocycles. The van der Waals surface area contributed by atoms with Crippen LogP contribution >= 0.6 is 0 Å². The van der Waals surface area contributed by atoms with Crippen molar-refractivity contribution in [2.75, 3.05) is 5.43 Å². The van der Waals surface area contributed by atoms with Gasteiger partial charge in [-0.1, -0.05) is 12.1 Å². The van der Waals surface area contributed by atoms with Gasteiger partial charge in [-0.3, -0.25) is 10.4 Å². The second kappa shape index (κ2) is 5.94. The highest BCUT2D eigenvalue weighted by Gasteiger charge is 2.33. The predicted octanol–water partition coefficient (Wildman–Crippen LogP) is 4.11. The van der Waals surface area contributed by atoms with E-state index in [4.69, 9.17) is 4.74 Å². The normalized spacial score (nSPS) is 12.1. The number of rotatable bonds is 2. The Balaban J connectivity index is 2.28. The van der Waals surface area contributed by atoms with Crippen molar-refractivity contribution in [3.05, 3.63) is 36.0 Å². The summed E-state index contributed by atoms with van der Waals surface area (Å²) in [4.78, 5) is 15.4. The lowest BCUT2D eigenvalue weighted by atomic mass is 10.1. The van der Waals surface area contributed by atoms with E-state index in [9.17, 15) is 18.0 Å². The number of hydrogen-bond acceptors (Lipinski definition) is 4. The fourth-order valence-corrected chi connectivity index (χ4v) is 1.94. The molecule has 8 heteroatoms. The van der Waals surface area contributed by atoms with Crippen molar-refractivity contribution in [2.45, 2.75) is 32.5 Å². The first kappa shape index (κ1) is 16.9. The molecular weight excluding hydrogens is 311 g/mol. The van der Waals surface area contributed by atoms with Crippen molar-refractivity contribution >= 4 is 22.7 Å². The Bertz CT molecular complexity index is 724. The monoisotopic (exact) mass is 327 g/mol. The van der Waals surface area contributed by atoms with Gasteiger partial charge in [0.05, 0.1) is 16.8 Å². The van der Waals surface area contributed by atoms with Crippen LogP contribution in [0.15, 0.2) is 30.5 Å². The number of hydrazine groups is 1. The van der Waals surface area contributed by atoms with Gasteiger partial charge in [-0.05, 0) is 32.9 Å². The Labute approximate surface area is 130 Å². The number of pyridine rings is 1. The Hall–Kier alpha value is -2.51. The van der Waals surface area contributed by atoms with Crippen molar-refractivity contribution in [1.29, 1.82) is 0 Å². The second-order valence-electron chi connectivity index (χ2n) is 5.81. The van der Waals surface area contributed by atoms with Crippen molar-refractivity contribution in [1.82, 2.24) is 10.4 Å². The average Bonchev–Trinajstić information content (AvgIpc) is 2.41. The second-order valence-corrected chi connectivity index (χ2v) is 5.81. The van der Waals surface area contributed by atoms with Crippen LogP contribution in [0.5, 0.6) is 0 Å². The van der Waals surface area contributed by atoms with Gasteiger partial charge >= 0.3 is 12.3 Å². The first-order valence-corrected chi connectivity index (χ1v) is 6.78. The number of carbonyl (C=O) groups is 1. The highest BCUT2D eigenvalue weighted by Crippen LogP contribution is 2.35. The van der Waals surface area contributed by atoms with Crippen LogP contribution in [0.2, 0.25) is 0 Å². The maximum absolute atomic E-state index is 13.0. The molecule has 2 aromatic rings. The van der Waals surface area contributed by atoms with Crippen LogP contribution in [0.25, 0.3) is 10.9 Å². The summed E-state index contributed by atoms with van der Waals surface area (Å²) in [6, 6.07) is 5.18. The molecule has 0 bridgehead atoms. The number of fused-ring (bicyclic) bond motifs is 1. The molecule has 0 aliphatic heterocycles. The Kier molecular flexibility index (Phi) is 4.35. The van der Waals surface area contributed by atoms with E-state index >= 15 is 0 Å². The Morgan fingerprint density at radius 2 is 1.87 bits per heavy atom. The number of halogens is 3. The molecule has 0 aliphatic rings. The average molecular weight is 327 g/mol. The van der Waals surface area contributed by atoms with Gasteiger partial charge in [0.1, 0.15) is 5.60 Å². The molecule has 2 rings (SSSR count). The summed E-state index contributed by atoms with van der Waals surface area (Å²) in [6.45, 7) is 5.10. The van der Waals surface area contributed by atoms with Gasteiger partial charge in [-0.2, -0.15) is 13.2 Å². The van der Waals surface area contributed by atoms with Crippen LogP contribution in [0.1, 0.15) is 26.3 Å². The fraction of sp³-hybridized carbons (Fsp3) is 0.333. The van der Waals surface area contributed by atoms with Crippen LogP contribution in [-0.4, -0.2) is 16.7 Å².